The predicted octanol–water partition coefficient (Wildman–Crippen LogP) is -1.07. The normalized spacial score (nSPS) is 19.6. The lowest BCUT2D eigenvalue weighted by Crippen LogP contribution is -2.29. The first-order chi connectivity index (χ1) is 12.3. The fourth-order valence-corrected chi connectivity index (χ4v) is 2.28. The Labute approximate surface area is 151 Å². The van der Waals surface area contributed by atoms with Crippen molar-refractivity contribution in [3.63, 3.8) is 0 Å². The molecule has 3 aliphatic heterocycles. The Morgan fingerprint density at radius 2 is 1.42 bits per heavy atom. The summed E-state index contributed by atoms with van der Waals surface area (Å²) in [7, 11) is 0. The topological polar surface area (TPSA) is 124 Å². The van der Waals surface area contributed by atoms with Crippen molar-refractivity contribution in [2.24, 2.45) is 5.73 Å². The van der Waals surface area contributed by atoms with Gasteiger partial charge in [-0.2, -0.15) is 0 Å². The number of aliphatic carboxylic acids is 1. The predicted molar refractivity (Wildman–Crippen MR) is 92.5 cm³/mol. The van der Waals surface area contributed by atoms with E-state index in [4.69, 9.17) is 9.90 Å². The van der Waals surface area contributed by atoms with Crippen LogP contribution in [-0.2, 0) is 19.2 Å². The number of Topliss-reactive ketones (excluding diaryl/α,β-unsaturated/α-hetero) is 1. The number of carbonyl (C=O) groups is 4. The Kier molecular flexibility index (Phi) is 5.81. The molecule has 0 atom stereocenters. The third-order valence-electron chi connectivity index (χ3n) is 3.69. The van der Waals surface area contributed by atoms with Gasteiger partial charge in [-0.3, -0.25) is 19.2 Å². The molecule has 3 fully saturated rings. The van der Waals surface area contributed by atoms with Crippen LogP contribution in [0.2, 0.25) is 0 Å². The van der Waals surface area contributed by atoms with Gasteiger partial charge in [-0.15, -0.1) is 0 Å². The van der Waals surface area contributed by atoms with Crippen LogP contribution in [0.3, 0.4) is 0 Å². The highest BCUT2D eigenvalue weighted by molar-refractivity contribution is 6.22. The fourth-order valence-electron chi connectivity index (χ4n) is 2.28. The molecule has 3 saturated heterocycles. The number of allylic oxidation sites excluding steroid dienone is 1. The summed E-state index contributed by atoms with van der Waals surface area (Å²) in [5, 5.41) is 7.42. The van der Waals surface area contributed by atoms with E-state index in [1.807, 2.05) is 14.7 Å². The molecule has 0 bridgehead atoms. The molecule has 9 heteroatoms. The Balaban J connectivity index is 0.000000229. The van der Waals surface area contributed by atoms with E-state index in [-0.39, 0.29) is 11.6 Å². The number of amides is 1. The summed E-state index contributed by atoms with van der Waals surface area (Å²) >= 11 is 0. The highest BCUT2D eigenvalue weighted by atomic mass is 16.4. The maximum Gasteiger partial charge on any atom is 0.300 e. The maximum absolute atomic E-state index is 12.4. The fraction of sp³-hybridized carbons (Fsp3) is 0.412. The van der Waals surface area contributed by atoms with Gasteiger partial charge in [-0.1, -0.05) is 6.58 Å². The number of primary amides is 1. The van der Waals surface area contributed by atoms with E-state index in [0.29, 0.717) is 17.1 Å². The minimum atomic E-state index is -0.833. The lowest BCUT2D eigenvalue weighted by molar-refractivity contribution is -0.134. The molecule has 0 radical (unpaired) electrons. The molecule has 140 valence electrons. The van der Waals surface area contributed by atoms with Crippen molar-refractivity contribution >= 4 is 23.4 Å². The van der Waals surface area contributed by atoms with Gasteiger partial charge in [0.05, 0.1) is 5.70 Å². The van der Waals surface area contributed by atoms with Crippen LogP contribution >= 0.6 is 0 Å². The Morgan fingerprint density at radius 3 is 1.77 bits per heavy atom. The molecule has 1 amide bonds. The van der Waals surface area contributed by atoms with Crippen LogP contribution in [0.1, 0.15) is 6.92 Å². The molecule has 0 aromatic heterocycles. The van der Waals surface area contributed by atoms with Gasteiger partial charge in [0.15, 0.2) is 0 Å². The van der Waals surface area contributed by atoms with E-state index in [2.05, 4.69) is 12.3 Å². The second kappa shape index (κ2) is 7.85. The van der Waals surface area contributed by atoms with E-state index in [9.17, 15) is 14.4 Å². The molecule has 0 spiro atoms. The van der Waals surface area contributed by atoms with E-state index in [1.54, 1.807) is 0 Å². The highest BCUT2D eigenvalue weighted by Gasteiger charge is 2.43. The molecule has 0 unspecified atom stereocenters. The third-order valence-corrected chi connectivity index (χ3v) is 3.69. The molecule has 9 nitrogen and oxygen atoms in total. The number of carbonyl (C=O) groups excluding carboxylic acids is 3. The quantitative estimate of drug-likeness (QED) is 0.368. The first kappa shape index (κ1) is 19.2. The summed E-state index contributed by atoms with van der Waals surface area (Å²) in [6, 6.07) is 0. The van der Waals surface area contributed by atoms with Gasteiger partial charge in [0.2, 0.25) is 17.5 Å². The second-order valence-electron chi connectivity index (χ2n) is 6.01. The third kappa shape index (κ3) is 5.20. The molecule has 3 heterocycles. The Hall–Kier alpha value is -3.10. The Bertz CT molecular complexity index is 709. The molecular formula is C17H22N4O5. The smallest absolute Gasteiger partial charge is 0.300 e. The summed E-state index contributed by atoms with van der Waals surface area (Å²) in [4.78, 5) is 48.9. The molecular weight excluding hydrogens is 340 g/mol. The molecule has 4 rings (SSSR count). The van der Waals surface area contributed by atoms with Crippen LogP contribution in [0, 0.1) is 0 Å². The first-order valence-corrected chi connectivity index (χ1v) is 8.17. The zero-order chi connectivity index (χ0) is 19.4. The molecule has 1 aliphatic carbocycles. The van der Waals surface area contributed by atoms with Crippen LogP contribution in [0.4, 0.5) is 0 Å². The van der Waals surface area contributed by atoms with Crippen LogP contribution in [0.15, 0.2) is 35.8 Å². The zero-order valence-corrected chi connectivity index (χ0v) is 14.6. The second-order valence-corrected chi connectivity index (χ2v) is 6.01. The SMILES string of the molecule is C=CC(N)=O.CC(=O)O.O=C1C=C(N2CC2)C(=O)C(N2CC2)=C1N1CC1. The summed E-state index contributed by atoms with van der Waals surface area (Å²) in [6.45, 7) is 9.58. The van der Waals surface area contributed by atoms with Gasteiger partial charge < -0.3 is 25.5 Å². The zero-order valence-electron chi connectivity index (χ0n) is 14.6. The molecule has 0 aromatic carbocycles. The average molecular weight is 362 g/mol. The van der Waals surface area contributed by atoms with Crippen LogP contribution in [0.25, 0.3) is 0 Å². The Morgan fingerprint density at radius 1 is 1.04 bits per heavy atom. The number of hydrogen-bond donors (Lipinski definition) is 2. The van der Waals surface area contributed by atoms with E-state index >= 15 is 0 Å². The van der Waals surface area contributed by atoms with Crippen molar-refractivity contribution in [3.05, 3.63) is 35.8 Å². The van der Waals surface area contributed by atoms with Gasteiger partial charge in [0, 0.05) is 52.3 Å². The summed E-state index contributed by atoms with van der Waals surface area (Å²) in [5.74, 6) is -1.27. The van der Waals surface area contributed by atoms with Gasteiger partial charge in [-0.05, 0) is 6.08 Å². The summed E-state index contributed by atoms with van der Waals surface area (Å²) in [5.41, 5.74) is 6.42. The molecule has 0 aromatic rings. The van der Waals surface area contributed by atoms with E-state index in [1.165, 1.54) is 6.08 Å². The summed E-state index contributed by atoms with van der Waals surface area (Å²) < 4.78 is 0. The minimum Gasteiger partial charge on any atom is -0.481 e. The average Bonchev–Trinajstić information content (AvgIpc) is 3.38. The lowest BCUT2D eigenvalue weighted by atomic mass is 10.0. The highest BCUT2D eigenvalue weighted by Crippen LogP contribution is 2.33. The number of rotatable bonds is 4. The standard InChI is InChI=1S/C12H13N3O2.C3H5NO.C2H4O2/c16-9-7-8(13-1-2-13)12(17)11(15-5-6-15)10(9)14-3-4-14;1-2-3(4)5;1-2(3)4/h7H,1-6H2;2H,1H2,(H2,4,5);1H3,(H,3,4). The monoisotopic (exact) mass is 362 g/mol. The van der Waals surface area contributed by atoms with Crippen molar-refractivity contribution < 1.29 is 24.3 Å². The molecule has 3 N–H and O–H groups in total. The largest absolute Gasteiger partial charge is 0.481 e. The van der Waals surface area contributed by atoms with Crippen molar-refractivity contribution in [2.45, 2.75) is 6.92 Å². The van der Waals surface area contributed by atoms with Gasteiger partial charge in [0.25, 0.3) is 5.97 Å². The lowest BCUT2D eigenvalue weighted by Gasteiger charge is -2.21. The number of hydrogen-bond acceptors (Lipinski definition) is 7. The number of ketones is 2. The van der Waals surface area contributed by atoms with Gasteiger partial charge in [-0.25, -0.2) is 0 Å². The molecule has 0 saturated carbocycles. The van der Waals surface area contributed by atoms with E-state index < -0.39 is 11.9 Å². The summed E-state index contributed by atoms with van der Waals surface area (Å²) in [6.07, 6.45) is 2.58. The van der Waals surface area contributed by atoms with Crippen molar-refractivity contribution in [1.82, 2.24) is 14.7 Å². The van der Waals surface area contributed by atoms with E-state index in [0.717, 1.165) is 52.3 Å². The van der Waals surface area contributed by atoms with Crippen molar-refractivity contribution in [2.75, 3.05) is 39.3 Å². The maximum atomic E-state index is 12.4. The first-order valence-electron chi connectivity index (χ1n) is 8.17. The van der Waals surface area contributed by atoms with Crippen LogP contribution < -0.4 is 5.73 Å². The number of carboxylic acid groups (broad SMARTS) is 1. The van der Waals surface area contributed by atoms with Gasteiger partial charge in [0.1, 0.15) is 11.4 Å². The molecule has 26 heavy (non-hydrogen) atoms. The number of nitrogens with zero attached hydrogens (tertiary/aromatic N) is 3. The van der Waals surface area contributed by atoms with Gasteiger partial charge >= 0.3 is 0 Å². The minimum absolute atomic E-state index is 0.00546. The number of carboxylic acids is 1. The molecule has 4 aliphatic rings. The van der Waals surface area contributed by atoms with Crippen LogP contribution in [0.5, 0.6) is 0 Å². The van der Waals surface area contributed by atoms with Crippen LogP contribution in [-0.4, -0.2) is 82.5 Å². The van der Waals surface area contributed by atoms with Crippen molar-refractivity contribution in [3.8, 4) is 0 Å². The van der Waals surface area contributed by atoms with Crippen molar-refractivity contribution in [1.29, 1.82) is 0 Å². The number of nitrogens with two attached hydrogens (primary N) is 1.